The van der Waals surface area contributed by atoms with Crippen LogP contribution in [0.15, 0.2) is 60.7 Å². The maximum atomic E-state index is 14.4. The third kappa shape index (κ3) is 4.86. The van der Waals surface area contributed by atoms with Crippen molar-refractivity contribution in [3.8, 4) is 5.75 Å². The molecule has 3 nitrogen and oxygen atoms in total. The molecule has 0 heterocycles. The van der Waals surface area contributed by atoms with E-state index in [9.17, 15) is 18.0 Å². The van der Waals surface area contributed by atoms with Gasteiger partial charge in [0.25, 0.3) is 6.08 Å². The quantitative estimate of drug-likeness (QED) is 0.313. The Hall–Kier alpha value is -3.12. The number of methoxy groups -OCH3 is 1. The Labute approximate surface area is 184 Å². The standard InChI is InChI=1S/C26H23F3O3/c1-31-21-10-8-17(9-11-21)16-2-4-18(5-3-16)26(30)32-22-12-13-23-19(14-22)6-7-20(25(23)29)15-24(27)28/h2-7,12-15,17,21H,8-11H2,1H3. The Morgan fingerprint density at radius 3 is 2.34 bits per heavy atom. The minimum atomic E-state index is -1.97. The number of ether oxygens (including phenoxy) is 2. The van der Waals surface area contributed by atoms with Crippen LogP contribution in [0.5, 0.6) is 5.75 Å². The molecule has 0 aliphatic heterocycles. The second-order valence-corrected chi connectivity index (χ2v) is 8.01. The van der Waals surface area contributed by atoms with Crippen LogP contribution in [0, 0.1) is 5.82 Å². The molecule has 0 amide bonds. The first-order chi connectivity index (χ1) is 15.4. The summed E-state index contributed by atoms with van der Waals surface area (Å²) in [5.41, 5.74) is 1.43. The highest BCUT2D eigenvalue weighted by atomic mass is 19.3. The number of fused-ring (bicyclic) bond motifs is 1. The summed E-state index contributed by atoms with van der Waals surface area (Å²) < 4.78 is 50.2. The lowest BCUT2D eigenvalue weighted by Gasteiger charge is -2.27. The summed E-state index contributed by atoms with van der Waals surface area (Å²) in [4.78, 5) is 12.6. The van der Waals surface area contributed by atoms with Gasteiger partial charge in [0, 0.05) is 24.1 Å². The fourth-order valence-electron chi connectivity index (χ4n) is 4.27. The summed E-state index contributed by atoms with van der Waals surface area (Å²) in [6.45, 7) is 0. The van der Waals surface area contributed by atoms with Gasteiger partial charge in [-0.1, -0.05) is 24.3 Å². The molecule has 1 saturated carbocycles. The van der Waals surface area contributed by atoms with Crippen molar-refractivity contribution in [3.63, 3.8) is 0 Å². The number of halogens is 3. The Morgan fingerprint density at radius 2 is 1.69 bits per heavy atom. The van der Waals surface area contributed by atoms with Gasteiger partial charge in [0.15, 0.2) is 0 Å². The molecule has 6 heteroatoms. The molecule has 4 rings (SSSR count). The molecule has 3 aromatic rings. The van der Waals surface area contributed by atoms with Crippen LogP contribution in [0.4, 0.5) is 13.2 Å². The molecule has 1 fully saturated rings. The zero-order valence-electron chi connectivity index (χ0n) is 17.6. The van der Waals surface area contributed by atoms with E-state index in [1.807, 2.05) is 12.1 Å². The molecule has 0 atom stereocenters. The van der Waals surface area contributed by atoms with Crippen LogP contribution in [0.2, 0.25) is 0 Å². The first-order valence-corrected chi connectivity index (χ1v) is 10.5. The second-order valence-electron chi connectivity index (χ2n) is 8.01. The highest BCUT2D eigenvalue weighted by Crippen LogP contribution is 2.34. The predicted octanol–water partition coefficient (Wildman–Crippen LogP) is 7.11. The number of benzene rings is 3. The van der Waals surface area contributed by atoms with Crippen molar-refractivity contribution in [1.82, 2.24) is 0 Å². The maximum Gasteiger partial charge on any atom is 0.343 e. The highest BCUT2D eigenvalue weighted by molar-refractivity contribution is 5.92. The van der Waals surface area contributed by atoms with Gasteiger partial charge in [-0.05, 0) is 72.9 Å². The number of rotatable bonds is 5. The third-order valence-corrected chi connectivity index (χ3v) is 6.06. The summed E-state index contributed by atoms with van der Waals surface area (Å²) in [5.74, 6) is -0.543. The van der Waals surface area contributed by atoms with Gasteiger partial charge in [0.05, 0.1) is 11.7 Å². The molecule has 1 aliphatic carbocycles. The maximum absolute atomic E-state index is 14.4. The molecule has 0 saturated heterocycles. The first kappa shape index (κ1) is 22.1. The number of esters is 1. The van der Waals surface area contributed by atoms with Crippen molar-refractivity contribution in [1.29, 1.82) is 0 Å². The van der Waals surface area contributed by atoms with Gasteiger partial charge in [0.1, 0.15) is 11.6 Å². The smallest absolute Gasteiger partial charge is 0.343 e. The van der Waals surface area contributed by atoms with Gasteiger partial charge in [-0.3, -0.25) is 0 Å². The molecule has 166 valence electrons. The third-order valence-electron chi connectivity index (χ3n) is 6.06. The number of hydrogen-bond acceptors (Lipinski definition) is 3. The summed E-state index contributed by atoms with van der Waals surface area (Å²) in [6.07, 6.45) is 3.04. The van der Waals surface area contributed by atoms with Gasteiger partial charge in [-0.25, -0.2) is 9.18 Å². The topological polar surface area (TPSA) is 35.5 Å². The zero-order valence-corrected chi connectivity index (χ0v) is 17.6. The van der Waals surface area contributed by atoms with Crippen LogP contribution in [0.1, 0.15) is 53.1 Å². The van der Waals surface area contributed by atoms with Crippen LogP contribution in [-0.4, -0.2) is 19.2 Å². The lowest BCUT2D eigenvalue weighted by molar-refractivity contribution is 0.0659. The second kappa shape index (κ2) is 9.57. The van der Waals surface area contributed by atoms with Gasteiger partial charge in [-0.2, -0.15) is 8.78 Å². The molecule has 3 aromatic carbocycles. The fraction of sp³-hybridized carbons (Fsp3) is 0.269. The normalized spacial score (nSPS) is 18.4. The zero-order chi connectivity index (χ0) is 22.7. The van der Waals surface area contributed by atoms with E-state index in [1.165, 1.54) is 35.9 Å². The Morgan fingerprint density at radius 1 is 0.969 bits per heavy atom. The van der Waals surface area contributed by atoms with Crippen LogP contribution >= 0.6 is 0 Å². The largest absolute Gasteiger partial charge is 0.423 e. The minimum absolute atomic E-state index is 0.173. The average molecular weight is 440 g/mol. The lowest BCUT2D eigenvalue weighted by atomic mass is 9.82. The van der Waals surface area contributed by atoms with Crippen molar-refractivity contribution in [2.24, 2.45) is 0 Å². The van der Waals surface area contributed by atoms with E-state index in [0.717, 1.165) is 25.7 Å². The molecular formula is C26H23F3O3. The van der Waals surface area contributed by atoms with Gasteiger partial charge >= 0.3 is 5.97 Å². The van der Waals surface area contributed by atoms with Crippen molar-refractivity contribution < 1.29 is 27.4 Å². The van der Waals surface area contributed by atoms with Crippen molar-refractivity contribution in [2.45, 2.75) is 37.7 Å². The minimum Gasteiger partial charge on any atom is -0.423 e. The number of carbonyl (C=O) groups is 1. The lowest BCUT2D eigenvalue weighted by Crippen LogP contribution is -2.19. The predicted molar refractivity (Wildman–Crippen MR) is 118 cm³/mol. The SMILES string of the molecule is COC1CCC(c2ccc(C(=O)Oc3ccc4c(F)c(C=C(F)F)ccc4c3)cc2)CC1. The monoisotopic (exact) mass is 440 g/mol. The molecule has 0 spiro atoms. The van der Waals surface area contributed by atoms with Gasteiger partial charge < -0.3 is 9.47 Å². The van der Waals surface area contributed by atoms with Crippen molar-refractivity contribution in [3.05, 3.63) is 83.2 Å². The average Bonchev–Trinajstić information content (AvgIpc) is 2.81. The molecule has 1 aliphatic rings. The Kier molecular flexibility index (Phi) is 6.61. The van der Waals surface area contributed by atoms with Crippen LogP contribution < -0.4 is 4.74 Å². The van der Waals surface area contributed by atoms with E-state index < -0.39 is 17.9 Å². The number of carbonyl (C=O) groups excluding carboxylic acids is 1. The molecular weight excluding hydrogens is 417 g/mol. The summed E-state index contributed by atoms with van der Waals surface area (Å²) >= 11 is 0. The molecule has 32 heavy (non-hydrogen) atoms. The fourth-order valence-corrected chi connectivity index (χ4v) is 4.27. The van der Waals surface area contributed by atoms with Gasteiger partial charge in [-0.15, -0.1) is 0 Å². The summed E-state index contributed by atoms with van der Waals surface area (Å²) in [5, 5.41) is 0.624. The molecule has 0 aromatic heterocycles. The van der Waals surface area contributed by atoms with E-state index in [-0.39, 0.29) is 16.7 Å². The van der Waals surface area contributed by atoms with E-state index in [0.29, 0.717) is 29.0 Å². The van der Waals surface area contributed by atoms with E-state index in [1.54, 1.807) is 19.2 Å². The van der Waals surface area contributed by atoms with Crippen LogP contribution in [0.25, 0.3) is 16.8 Å². The molecule has 0 bridgehead atoms. The Balaban J connectivity index is 1.46. The van der Waals surface area contributed by atoms with E-state index in [2.05, 4.69) is 0 Å². The Bertz CT molecular complexity index is 1140. The van der Waals surface area contributed by atoms with Gasteiger partial charge in [0.2, 0.25) is 0 Å². The molecule has 0 N–H and O–H groups in total. The summed E-state index contributed by atoms with van der Waals surface area (Å²) in [7, 11) is 1.75. The van der Waals surface area contributed by atoms with Crippen LogP contribution in [0.3, 0.4) is 0 Å². The molecule has 0 radical (unpaired) electrons. The van der Waals surface area contributed by atoms with E-state index >= 15 is 0 Å². The summed E-state index contributed by atoms with van der Waals surface area (Å²) in [6, 6.07) is 14.6. The van der Waals surface area contributed by atoms with E-state index in [4.69, 9.17) is 9.47 Å². The first-order valence-electron chi connectivity index (χ1n) is 10.5. The number of hydrogen-bond donors (Lipinski definition) is 0. The highest BCUT2D eigenvalue weighted by Gasteiger charge is 2.22. The molecule has 0 unspecified atom stereocenters. The van der Waals surface area contributed by atoms with Crippen molar-refractivity contribution >= 4 is 22.8 Å². The van der Waals surface area contributed by atoms with Crippen LogP contribution in [-0.2, 0) is 4.74 Å². The van der Waals surface area contributed by atoms with Crippen molar-refractivity contribution in [2.75, 3.05) is 7.11 Å².